The van der Waals surface area contributed by atoms with E-state index in [0.717, 1.165) is 35.6 Å². The number of amides is 1. The van der Waals surface area contributed by atoms with Crippen LogP contribution in [0.5, 0.6) is 5.75 Å². The molecule has 0 bridgehead atoms. The number of nitrogens with zero attached hydrogens (tertiary/aromatic N) is 1. The number of carbonyl (C=O) groups excluding carboxylic acids is 1. The van der Waals surface area contributed by atoms with Gasteiger partial charge < -0.3 is 14.5 Å². The Morgan fingerprint density at radius 3 is 2.70 bits per heavy atom. The van der Waals surface area contributed by atoms with Gasteiger partial charge in [0.05, 0.1) is 12.8 Å². The normalized spacial score (nSPS) is 10.6. The van der Waals surface area contributed by atoms with E-state index in [1.54, 1.807) is 7.11 Å². The number of unbranched alkanes of at least 4 members (excludes halogenated alkanes) is 1. The van der Waals surface area contributed by atoms with Gasteiger partial charge in [-0.3, -0.25) is 4.79 Å². The molecule has 1 N–H and O–H groups in total. The first-order valence-electron chi connectivity index (χ1n) is 8.01. The number of hydrogen-bond acceptors (Lipinski definition) is 4. The van der Waals surface area contributed by atoms with Gasteiger partial charge in [0.2, 0.25) is 11.8 Å². The van der Waals surface area contributed by atoms with E-state index in [4.69, 9.17) is 9.15 Å². The summed E-state index contributed by atoms with van der Waals surface area (Å²) in [5, 5.41) is 2.92. The van der Waals surface area contributed by atoms with Crippen molar-refractivity contribution in [1.29, 1.82) is 0 Å². The zero-order valence-electron chi connectivity index (χ0n) is 14.0. The number of carbonyl (C=O) groups is 1. The van der Waals surface area contributed by atoms with E-state index in [9.17, 15) is 4.79 Å². The quantitative estimate of drug-likeness (QED) is 0.809. The number of rotatable bonds is 8. The lowest BCUT2D eigenvalue weighted by Gasteiger charge is -2.03. The van der Waals surface area contributed by atoms with Crippen LogP contribution in [0.2, 0.25) is 0 Å². The van der Waals surface area contributed by atoms with Crippen LogP contribution in [-0.2, 0) is 11.2 Å². The molecule has 1 heterocycles. The minimum atomic E-state index is 0.100. The SMILES string of the molecule is CCCCC(=O)NCCc1nc(-c2ccc(OC)cc2)oc1C. The van der Waals surface area contributed by atoms with Crippen molar-refractivity contribution in [2.45, 2.75) is 39.5 Å². The maximum Gasteiger partial charge on any atom is 0.226 e. The molecule has 0 radical (unpaired) electrons. The standard InChI is InChI=1S/C18H24N2O3/c1-4-5-6-17(21)19-12-11-16-13(2)23-18(20-16)14-7-9-15(22-3)10-8-14/h7-10H,4-6,11-12H2,1-3H3,(H,19,21). The Labute approximate surface area is 137 Å². The molecule has 1 amide bonds. The van der Waals surface area contributed by atoms with Gasteiger partial charge in [-0.15, -0.1) is 0 Å². The predicted octanol–water partition coefficient (Wildman–Crippen LogP) is 3.51. The monoisotopic (exact) mass is 316 g/mol. The fraction of sp³-hybridized carbons (Fsp3) is 0.444. The van der Waals surface area contributed by atoms with Crippen molar-refractivity contribution < 1.29 is 13.9 Å². The largest absolute Gasteiger partial charge is 0.497 e. The third kappa shape index (κ3) is 4.84. The summed E-state index contributed by atoms with van der Waals surface area (Å²) in [6.07, 6.45) is 3.21. The molecule has 2 rings (SSSR count). The van der Waals surface area contributed by atoms with E-state index >= 15 is 0 Å². The topological polar surface area (TPSA) is 64.4 Å². The highest BCUT2D eigenvalue weighted by atomic mass is 16.5. The molecule has 0 spiro atoms. The highest BCUT2D eigenvalue weighted by molar-refractivity contribution is 5.75. The summed E-state index contributed by atoms with van der Waals surface area (Å²) < 4.78 is 10.9. The van der Waals surface area contributed by atoms with Crippen molar-refractivity contribution in [1.82, 2.24) is 10.3 Å². The highest BCUT2D eigenvalue weighted by Gasteiger charge is 2.11. The van der Waals surface area contributed by atoms with Gasteiger partial charge in [0.25, 0.3) is 0 Å². The highest BCUT2D eigenvalue weighted by Crippen LogP contribution is 2.24. The molecule has 1 aromatic carbocycles. The van der Waals surface area contributed by atoms with Crippen molar-refractivity contribution in [3.63, 3.8) is 0 Å². The maximum absolute atomic E-state index is 11.6. The van der Waals surface area contributed by atoms with E-state index in [0.29, 0.717) is 25.3 Å². The van der Waals surface area contributed by atoms with Crippen LogP contribution in [0.25, 0.3) is 11.5 Å². The second-order valence-corrected chi connectivity index (χ2v) is 5.45. The van der Waals surface area contributed by atoms with E-state index in [1.807, 2.05) is 31.2 Å². The summed E-state index contributed by atoms with van der Waals surface area (Å²) in [7, 11) is 1.64. The van der Waals surface area contributed by atoms with Gasteiger partial charge in [0, 0.05) is 24.9 Å². The van der Waals surface area contributed by atoms with Crippen LogP contribution in [0, 0.1) is 6.92 Å². The summed E-state index contributed by atoms with van der Waals surface area (Å²) in [6, 6.07) is 7.59. The summed E-state index contributed by atoms with van der Waals surface area (Å²) in [6.45, 7) is 4.55. The number of methoxy groups -OCH3 is 1. The van der Waals surface area contributed by atoms with Crippen molar-refractivity contribution in [2.75, 3.05) is 13.7 Å². The van der Waals surface area contributed by atoms with Crippen LogP contribution >= 0.6 is 0 Å². The Balaban J connectivity index is 1.93. The molecule has 0 unspecified atom stereocenters. The summed E-state index contributed by atoms with van der Waals surface area (Å²) in [4.78, 5) is 16.1. The first-order chi connectivity index (χ1) is 11.1. The molecule has 5 nitrogen and oxygen atoms in total. The second-order valence-electron chi connectivity index (χ2n) is 5.45. The zero-order chi connectivity index (χ0) is 16.7. The third-order valence-electron chi connectivity index (χ3n) is 3.67. The molecule has 0 aliphatic carbocycles. The Morgan fingerprint density at radius 1 is 1.30 bits per heavy atom. The van der Waals surface area contributed by atoms with Crippen LogP contribution in [0.1, 0.15) is 37.6 Å². The minimum absolute atomic E-state index is 0.100. The molecule has 5 heteroatoms. The molecule has 0 atom stereocenters. The number of ether oxygens (including phenoxy) is 1. The lowest BCUT2D eigenvalue weighted by Crippen LogP contribution is -2.25. The second kappa shape index (κ2) is 8.36. The predicted molar refractivity (Wildman–Crippen MR) is 89.5 cm³/mol. The number of aryl methyl sites for hydroxylation is 1. The first-order valence-corrected chi connectivity index (χ1v) is 8.01. The molecular formula is C18H24N2O3. The lowest BCUT2D eigenvalue weighted by atomic mass is 10.2. The van der Waals surface area contributed by atoms with Crippen LogP contribution in [0.4, 0.5) is 0 Å². The van der Waals surface area contributed by atoms with E-state index in [1.165, 1.54) is 0 Å². The fourth-order valence-electron chi connectivity index (χ4n) is 2.26. The first kappa shape index (κ1) is 17.1. The van der Waals surface area contributed by atoms with Crippen molar-refractivity contribution in [2.24, 2.45) is 0 Å². The van der Waals surface area contributed by atoms with Gasteiger partial charge in [-0.05, 0) is 37.6 Å². The molecular weight excluding hydrogens is 292 g/mol. The number of aromatic nitrogens is 1. The Hall–Kier alpha value is -2.30. The van der Waals surface area contributed by atoms with E-state index in [2.05, 4.69) is 17.2 Å². The number of oxazole rings is 1. The van der Waals surface area contributed by atoms with Crippen LogP contribution in [-0.4, -0.2) is 24.5 Å². The van der Waals surface area contributed by atoms with Crippen molar-refractivity contribution >= 4 is 5.91 Å². The van der Waals surface area contributed by atoms with Crippen molar-refractivity contribution in [3.8, 4) is 17.2 Å². The van der Waals surface area contributed by atoms with Crippen LogP contribution in [0.3, 0.4) is 0 Å². The summed E-state index contributed by atoms with van der Waals surface area (Å²) >= 11 is 0. The Kier molecular flexibility index (Phi) is 6.20. The van der Waals surface area contributed by atoms with Crippen LogP contribution < -0.4 is 10.1 Å². The molecule has 0 aliphatic heterocycles. The number of nitrogens with one attached hydrogen (secondary N) is 1. The number of hydrogen-bond donors (Lipinski definition) is 1. The molecule has 23 heavy (non-hydrogen) atoms. The van der Waals surface area contributed by atoms with E-state index < -0.39 is 0 Å². The van der Waals surface area contributed by atoms with Gasteiger partial charge in [-0.25, -0.2) is 4.98 Å². The third-order valence-corrected chi connectivity index (χ3v) is 3.67. The molecule has 2 aromatic rings. The minimum Gasteiger partial charge on any atom is -0.497 e. The zero-order valence-corrected chi connectivity index (χ0v) is 14.0. The smallest absolute Gasteiger partial charge is 0.226 e. The Morgan fingerprint density at radius 2 is 2.04 bits per heavy atom. The van der Waals surface area contributed by atoms with Crippen LogP contribution in [0.15, 0.2) is 28.7 Å². The molecule has 0 saturated heterocycles. The molecule has 124 valence electrons. The maximum atomic E-state index is 11.6. The summed E-state index contributed by atoms with van der Waals surface area (Å²) in [5.41, 5.74) is 1.79. The lowest BCUT2D eigenvalue weighted by molar-refractivity contribution is -0.121. The molecule has 0 saturated carbocycles. The van der Waals surface area contributed by atoms with Gasteiger partial charge in [0.1, 0.15) is 11.5 Å². The van der Waals surface area contributed by atoms with Gasteiger partial charge in [-0.1, -0.05) is 13.3 Å². The van der Waals surface area contributed by atoms with E-state index in [-0.39, 0.29) is 5.91 Å². The van der Waals surface area contributed by atoms with Gasteiger partial charge in [-0.2, -0.15) is 0 Å². The number of benzene rings is 1. The fourth-order valence-corrected chi connectivity index (χ4v) is 2.26. The van der Waals surface area contributed by atoms with Crippen molar-refractivity contribution in [3.05, 3.63) is 35.7 Å². The van der Waals surface area contributed by atoms with Gasteiger partial charge >= 0.3 is 0 Å². The average molecular weight is 316 g/mol. The van der Waals surface area contributed by atoms with Gasteiger partial charge in [0.15, 0.2) is 0 Å². The Bertz CT molecular complexity index is 632. The average Bonchev–Trinajstić information content (AvgIpc) is 2.94. The summed E-state index contributed by atoms with van der Waals surface area (Å²) in [5.74, 6) is 2.28. The molecule has 1 aromatic heterocycles. The molecule has 0 aliphatic rings. The molecule has 0 fully saturated rings.